The molecule has 0 saturated carbocycles. The van der Waals surface area contributed by atoms with Gasteiger partial charge in [0.1, 0.15) is 10.5 Å². The molecule has 0 aromatic carbocycles. The molecule has 0 amide bonds. The first-order valence-electron chi connectivity index (χ1n) is 8.70. The first kappa shape index (κ1) is 17.3. The van der Waals surface area contributed by atoms with E-state index in [1.165, 1.54) is 16.0 Å². The number of allylic oxidation sites excluding steroid dienone is 3. The molecule has 0 fully saturated rings. The zero-order chi connectivity index (χ0) is 19.3. The second kappa shape index (κ2) is 6.66. The highest BCUT2D eigenvalue weighted by atomic mass is 32.1. The highest BCUT2D eigenvalue weighted by Gasteiger charge is 2.19. The summed E-state index contributed by atoms with van der Waals surface area (Å²) in [5.41, 5.74) is 10.8. The first-order valence-corrected chi connectivity index (χ1v) is 10.5. The van der Waals surface area contributed by atoms with Crippen molar-refractivity contribution in [3.05, 3.63) is 62.1 Å². The minimum absolute atomic E-state index is 0.132. The molecule has 4 aromatic rings. The standard InChI is InChI=1S/C18H17N7OS2/c1-24-15-12(6-21-25(18(15)26)7-11-8-27-9-20-11)16-17(24)23-14(28-16)5-10-3-2-4-13(19)22-10/h2-4,6,8-9,13,22H,5,7,19H2,1H3. The van der Waals surface area contributed by atoms with Gasteiger partial charge in [0.15, 0.2) is 5.65 Å². The lowest BCUT2D eigenvalue weighted by Gasteiger charge is -2.16. The number of thiazole rings is 2. The number of dihydropyridines is 1. The molecule has 0 aliphatic carbocycles. The van der Waals surface area contributed by atoms with Crippen LogP contribution in [0.15, 0.2) is 45.8 Å². The number of aromatic nitrogens is 5. The molecule has 0 saturated heterocycles. The van der Waals surface area contributed by atoms with Gasteiger partial charge in [0.2, 0.25) is 0 Å². The van der Waals surface area contributed by atoms with Crippen LogP contribution in [0.3, 0.4) is 0 Å². The van der Waals surface area contributed by atoms with Crippen LogP contribution in [0.2, 0.25) is 0 Å². The Bertz CT molecular complexity index is 1290. The second-order valence-electron chi connectivity index (χ2n) is 6.59. The summed E-state index contributed by atoms with van der Waals surface area (Å²) < 4.78 is 4.29. The van der Waals surface area contributed by atoms with Crippen molar-refractivity contribution in [3.63, 3.8) is 0 Å². The summed E-state index contributed by atoms with van der Waals surface area (Å²) >= 11 is 3.09. The van der Waals surface area contributed by atoms with Crippen molar-refractivity contribution >= 4 is 43.9 Å². The summed E-state index contributed by atoms with van der Waals surface area (Å²) in [6.07, 6.45) is 8.12. The maximum absolute atomic E-state index is 13.0. The molecule has 0 radical (unpaired) electrons. The van der Waals surface area contributed by atoms with Crippen LogP contribution in [0.5, 0.6) is 0 Å². The Morgan fingerprint density at radius 3 is 3.07 bits per heavy atom. The summed E-state index contributed by atoms with van der Waals surface area (Å²) in [5, 5.41) is 11.3. The summed E-state index contributed by atoms with van der Waals surface area (Å²) in [5.74, 6) is 0. The molecule has 8 nitrogen and oxygen atoms in total. The van der Waals surface area contributed by atoms with Gasteiger partial charge in [-0.05, 0) is 12.2 Å². The van der Waals surface area contributed by atoms with E-state index in [1.807, 2.05) is 35.2 Å². The van der Waals surface area contributed by atoms with E-state index < -0.39 is 0 Å². The Morgan fingerprint density at radius 2 is 2.29 bits per heavy atom. The van der Waals surface area contributed by atoms with Crippen LogP contribution in [0.1, 0.15) is 10.7 Å². The van der Waals surface area contributed by atoms with Gasteiger partial charge in [-0.3, -0.25) is 4.79 Å². The maximum atomic E-state index is 13.0. The fraction of sp³-hybridized carbons (Fsp3) is 0.222. The zero-order valence-corrected chi connectivity index (χ0v) is 16.6. The molecule has 1 aliphatic heterocycles. The fourth-order valence-electron chi connectivity index (χ4n) is 3.36. The zero-order valence-electron chi connectivity index (χ0n) is 15.0. The van der Waals surface area contributed by atoms with Crippen LogP contribution >= 0.6 is 22.7 Å². The highest BCUT2D eigenvalue weighted by molar-refractivity contribution is 7.19. The third-order valence-electron chi connectivity index (χ3n) is 4.67. The van der Waals surface area contributed by atoms with E-state index in [2.05, 4.69) is 15.4 Å². The molecule has 28 heavy (non-hydrogen) atoms. The molecule has 0 bridgehead atoms. The Labute approximate surface area is 167 Å². The van der Waals surface area contributed by atoms with Gasteiger partial charge in [-0.15, -0.1) is 22.7 Å². The Balaban J connectivity index is 1.55. The molecular weight excluding hydrogens is 394 g/mol. The highest BCUT2D eigenvalue weighted by Crippen LogP contribution is 2.31. The lowest BCUT2D eigenvalue weighted by Crippen LogP contribution is -2.36. The number of nitrogens with zero attached hydrogens (tertiary/aromatic N) is 5. The van der Waals surface area contributed by atoms with Gasteiger partial charge in [-0.1, -0.05) is 6.08 Å². The molecule has 10 heteroatoms. The average Bonchev–Trinajstić information content (AvgIpc) is 3.37. The SMILES string of the molecule is Cn1c2nc(CC3=CC=CC(N)N3)sc2c2cnn(Cc3cscn3)c(=O)c21. The van der Waals surface area contributed by atoms with Crippen molar-refractivity contribution in [3.8, 4) is 0 Å². The predicted octanol–water partition coefficient (Wildman–Crippen LogP) is 1.72. The predicted molar refractivity (Wildman–Crippen MR) is 111 cm³/mol. The molecule has 4 aromatic heterocycles. The summed E-state index contributed by atoms with van der Waals surface area (Å²) in [6, 6.07) is 0. The molecular formula is C18H17N7OS2. The largest absolute Gasteiger partial charge is 0.370 e. The summed E-state index contributed by atoms with van der Waals surface area (Å²) in [4.78, 5) is 22.0. The third kappa shape index (κ3) is 2.86. The number of nitrogens with two attached hydrogens (primary N) is 1. The van der Waals surface area contributed by atoms with Gasteiger partial charge >= 0.3 is 0 Å². The van der Waals surface area contributed by atoms with Gasteiger partial charge in [0.25, 0.3) is 5.56 Å². The maximum Gasteiger partial charge on any atom is 0.291 e. The number of nitrogens with one attached hydrogen (secondary N) is 1. The van der Waals surface area contributed by atoms with Gasteiger partial charge in [-0.25, -0.2) is 14.6 Å². The van der Waals surface area contributed by atoms with E-state index in [-0.39, 0.29) is 11.7 Å². The molecule has 1 aliphatic rings. The van der Waals surface area contributed by atoms with E-state index in [1.54, 1.807) is 23.0 Å². The minimum atomic E-state index is -0.171. The van der Waals surface area contributed by atoms with E-state index in [4.69, 9.17) is 10.7 Å². The van der Waals surface area contributed by atoms with Gasteiger partial charge < -0.3 is 15.6 Å². The van der Waals surface area contributed by atoms with E-state index in [0.717, 1.165) is 32.1 Å². The molecule has 142 valence electrons. The van der Waals surface area contributed by atoms with Crippen LogP contribution in [0.25, 0.3) is 21.3 Å². The van der Waals surface area contributed by atoms with E-state index in [0.29, 0.717) is 18.5 Å². The lowest BCUT2D eigenvalue weighted by molar-refractivity contribution is 0.635. The molecule has 1 atom stereocenters. The van der Waals surface area contributed by atoms with Crippen molar-refractivity contribution in [1.82, 2.24) is 29.6 Å². The van der Waals surface area contributed by atoms with Crippen molar-refractivity contribution in [1.29, 1.82) is 0 Å². The number of hydrogen-bond donors (Lipinski definition) is 2. The van der Waals surface area contributed by atoms with Crippen molar-refractivity contribution < 1.29 is 0 Å². The van der Waals surface area contributed by atoms with E-state index in [9.17, 15) is 4.79 Å². The molecule has 1 unspecified atom stereocenters. The smallest absolute Gasteiger partial charge is 0.291 e. The normalized spacial score (nSPS) is 16.6. The number of rotatable bonds is 4. The monoisotopic (exact) mass is 411 g/mol. The van der Waals surface area contributed by atoms with Crippen LogP contribution in [-0.4, -0.2) is 30.5 Å². The Hall–Kier alpha value is -2.82. The lowest BCUT2D eigenvalue weighted by atomic mass is 10.2. The van der Waals surface area contributed by atoms with Crippen LogP contribution in [0, 0.1) is 0 Å². The fourth-order valence-corrected chi connectivity index (χ4v) is 5.04. The number of fused-ring (bicyclic) bond motifs is 3. The molecule has 3 N–H and O–H groups in total. The average molecular weight is 412 g/mol. The first-order chi connectivity index (χ1) is 13.6. The van der Waals surface area contributed by atoms with Crippen LogP contribution < -0.4 is 16.6 Å². The van der Waals surface area contributed by atoms with Gasteiger partial charge in [-0.2, -0.15) is 5.10 Å². The molecule has 0 spiro atoms. The topological polar surface area (TPSA) is 104 Å². The molecule has 5 heterocycles. The van der Waals surface area contributed by atoms with Crippen molar-refractivity contribution in [2.45, 2.75) is 19.1 Å². The quantitative estimate of drug-likeness (QED) is 0.530. The third-order valence-corrected chi connectivity index (χ3v) is 6.39. The Kier molecular flexibility index (Phi) is 4.11. The Morgan fingerprint density at radius 1 is 1.39 bits per heavy atom. The van der Waals surface area contributed by atoms with E-state index >= 15 is 0 Å². The summed E-state index contributed by atoms with van der Waals surface area (Å²) in [7, 11) is 1.87. The van der Waals surface area contributed by atoms with Crippen molar-refractivity contribution in [2.75, 3.05) is 0 Å². The summed E-state index contributed by atoms with van der Waals surface area (Å²) in [6.45, 7) is 0.364. The van der Waals surface area contributed by atoms with Crippen LogP contribution in [-0.2, 0) is 20.0 Å². The second-order valence-corrected chi connectivity index (χ2v) is 8.39. The van der Waals surface area contributed by atoms with Gasteiger partial charge in [0, 0.05) is 29.9 Å². The molecule has 5 rings (SSSR count). The number of aryl methyl sites for hydroxylation is 1. The van der Waals surface area contributed by atoms with Crippen molar-refractivity contribution in [2.24, 2.45) is 12.8 Å². The minimum Gasteiger partial charge on any atom is -0.370 e. The van der Waals surface area contributed by atoms with Gasteiger partial charge in [0.05, 0.1) is 34.8 Å². The number of hydrogen-bond acceptors (Lipinski definition) is 8. The van der Waals surface area contributed by atoms with Crippen LogP contribution in [0.4, 0.5) is 0 Å².